The minimum absolute atomic E-state index is 0.277. The molecule has 1 rings (SSSR count). The first-order valence-electron chi connectivity index (χ1n) is 6.18. The van der Waals surface area contributed by atoms with Gasteiger partial charge in [0.2, 0.25) is 5.91 Å². The van der Waals surface area contributed by atoms with Crippen LogP contribution in [0.3, 0.4) is 0 Å². The molecule has 0 aromatic heterocycles. The van der Waals surface area contributed by atoms with Crippen LogP contribution >= 0.6 is 0 Å². The molecule has 2 atom stereocenters. The number of aryl methyl sites for hydroxylation is 1. The molecular weight excluding hydrogens is 244 g/mol. The van der Waals surface area contributed by atoms with Gasteiger partial charge in [-0.05, 0) is 26.0 Å². The first-order chi connectivity index (χ1) is 8.82. The fraction of sp³-hybridized carbons (Fsp3) is 0.429. The van der Waals surface area contributed by atoms with E-state index in [0.29, 0.717) is 5.69 Å². The van der Waals surface area contributed by atoms with Gasteiger partial charge < -0.3 is 15.7 Å². The molecule has 1 amide bonds. The molecule has 1 aromatic rings. The molecule has 1 aromatic carbocycles. The fourth-order valence-corrected chi connectivity index (χ4v) is 1.63. The Kier molecular flexibility index (Phi) is 5.06. The van der Waals surface area contributed by atoms with Gasteiger partial charge in [-0.25, -0.2) is 0 Å². The highest BCUT2D eigenvalue weighted by Gasteiger charge is 2.26. The average Bonchev–Trinajstić information content (AvgIpc) is 2.35. The molecular formula is C14H20N2O3. The number of hydrogen-bond donors (Lipinski definition) is 2. The predicted octanol–water partition coefficient (Wildman–Crippen LogP) is 1.40. The zero-order chi connectivity index (χ0) is 14.6. The molecule has 104 valence electrons. The lowest BCUT2D eigenvalue weighted by Gasteiger charge is -2.26. The Morgan fingerprint density at radius 1 is 1.26 bits per heavy atom. The molecule has 0 heterocycles. The van der Waals surface area contributed by atoms with Crippen molar-refractivity contribution in [1.82, 2.24) is 0 Å². The molecule has 2 unspecified atom stereocenters. The molecule has 0 aliphatic rings. The minimum atomic E-state index is -1.05. The fourth-order valence-electron chi connectivity index (χ4n) is 1.63. The first kappa shape index (κ1) is 15.2. The van der Waals surface area contributed by atoms with E-state index < -0.39 is 11.9 Å². The average molecular weight is 264 g/mol. The molecule has 0 fully saturated rings. The molecule has 0 spiro atoms. The van der Waals surface area contributed by atoms with Crippen molar-refractivity contribution in [3.8, 4) is 0 Å². The van der Waals surface area contributed by atoms with Gasteiger partial charge in [-0.15, -0.1) is 0 Å². The van der Waals surface area contributed by atoms with Crippen LogP contribution in [0.15, 0.2) is 24.3 Å². The topological polar surface area (TPSA) is 83.6 Å². The molecule has 19 heavy (non-hydrogen) atoms. The summed E-state index contributed by atoms with van der Waals surface area (Å²) in [5.41, 5.74) is 7.34. The van der Waals surface area contributed by atoms with E-state index >= 15 is 0 Å². The predicted molar refractivity (Wildman–Crippen MR) is 74.0 cm³/mol. The number of carbonyl (C=O) groups excluding carboxylic acids is 1. The standard InChI is InChI=1S/C14H20N2O3/c1-9-4-6-12(7-5-9)16(8-13(17)18)14(19)10(2)11(3)15/h4-7,10-11H,8,15H2,1-3H3,(H,17,18). The summed E-state index contributed by atoms with van der Waals surface area (Å²) in [5, 5.41) is 8.94. The van der Waals surface area contributed by atoms with Crippen LogP contribution in [0.5, 0.6) is 0 Å². The Hall–Kier alpha value is -1.88. The summed E-state index contributed by atoms with van der Waals surface area (Å²) < 4.78 is 0. The second-order valence-electron chi connectivity index (χ2n) is 4.80. The van der Waals surface area contributed by atoms with Crippen LogP contribution in [0.4, 0.5) is 5.69 Å². The van der Waals surface area contributed by atoms with Crippen LogP contribution < -0.4 is 10.6 Å². The zero-order valence-electron chi connectivity index (χ0n) is 11.5. The van der Waals surface area contributed by atoms with E-state index in [1.54, 1.807) is 26.0 Å². The Morgan fingerprint density at radius 2 is 1.79 bits per heavy atom. The van der Waals surface area contributed by atoms with Crippen LogP contribution in [0.25, 0.3) is 0 Å². The lowest BCUT2D eigenvalue weighted by atomic mass is 10.0. The summed E-state index contributed by atoms with van der Waals surface area (Å²) in [4.78, 5) is 24.5. The SMILES string of the molecule is Cc1ccc(N(CC(=O)O)C(=O)C(C)C(C)N)cc1. The number of carboxylic acids is 1. The number of nitrogens with zero attached hydrogens (tertiary/aromatic N) is 1. The van der Waals surface area contributed by atoms with E-state index in [0.717, 1.165) is 5.56 Å². The quantitative estimate of drug-likeness (QED) is 0.842. The molecule has 0 saturated heterocycles. The zero-order valence-corrected chi connectivity index (χ0v) is 11.5. The Morgan fingerprint density at radius 3 is 2.21 bits per heavy atom. The van der Waals surface area contributed by atoms with Crippen molar-refractivity contribution in [1.29, 1.82) is 0 Å². The van der Waals surface area contributed by atoms with E-state index in [4.69, 9.17) is 10.8 Å². The number of carboxylic acid groups (broad SMARTS) is 1. The Balaban J connectivity index is 3.04. The van der Waals surface area contributed by atoms with Crippen LogP contribution in [-0.2, 0) is 9.59 Å². The van der Waals surface area contributed by atoms with Gasteiger partial charge in [0.25, 0.3) is 0 Å². The second kappa shape index (κ2) is 6.33. The highest BCUT2D eigenvalue weighted by molar-refractivity contribution is 5.98. The van der Waals surface area contributed by atoms with Crippen molar-refractivity contribution in [2.24, 2.45) is 11.7 Å². The van der Waals surface area contributed by atoms with Crippen LogP contribution in [-0.4, -0.2) is 29.6 Å². The first-order valence-corrected chi connectivity index (χ1v) is 6.18. The van der Waals surface area contributed by atoms with E-state index in [1.807, 2.05) is 19.1 Å². The summed E-state index contributed by atoms with van der Waals surface area (Å²) in [6.45, 7) is 5.00. The number of amides is 1. The van der Waals surface area contributed by atoms with E-state index in [1.165, 1.54) is 4.90 Å². The number of rotatable bonds is 5. The lowest BCUT2D eigenvalue weighted by Crippen LogP contribution is -2.44. The molecule has 5 heteroatoms. The lowest BCUT2D eigenvalue weighted by molar-refractivity contribution is -0.137. The van der Waals surface area contributed by atoms with Gasteiger partial charge in [0.15, 0.2) is 0 Å². The highest BCUT2D eigenvalue weighted by Crippen LogP contribution is 2.18. The smallest absolute Gasteiger partial charge is 0.323 e. The third kappa shape index (κ3) is 4.06. The third-order valence-electron chi connectivity index (χ3n) is 3.08. The summed E-state index contributed by atoms with van der Waals surface area (Å²) in [5.74, 6) is -1.76. The van der Waals surface area contributed by atoms with Crippen LogP contribution in [0, 0.1) is 12.8 Å². The van der Waals surface area contributed by atoms with Gasteiger partial charge >= 0.3 is 5.97 Å². The van der Waals surface area contributed by atoms with E-state index in [9.17, 15) is 9.59 Å². The largest absolute Gasteiger partial charge is 0.480 e. The summed E-state index contributed by atoms with van der Waals surface area (Å²) >= 11 is 0. The molecule has 0 bridgehead atoms. The van der Waals surface area contributed by atoms with Gasteiger partial charge in [0, 0.05) is 11.7 Å². The number of anilines is 1. The molecule has 3 N–H and O–H groups in total. The van der Waals surface area contributed by atoms with Gasteiger partial charge in [0.1, 0.15) is 6.54 Å². The van der Waals surface area contributed by atoms with Crippen molar-refractivity contribution in [2.75, 3.05) is 11.4 Å². The number of nitrogens with two attached hydrogens (primary N) is 1. The maximum absolute atomic E-state index is 12.3. The molecule has 0 radical (unpaired) electrons. The van der Waals surface area contributed by atoms with Crippen molar-refractivity contribution < 1.29 is 14.7 Å². The van der Waals surface area contributed by atoms with E-state index in [2.05, 4.69) is 0 Å². The molecule has 0 saturated carbocycles. The van der Waals surface area contributed by atoms with Crippen LogP contribution in [0.2, 0.25) is 0 Å². The number of hydrogen-bond acceptors (Lipinski definition) is 3. The van der Waals surface area contributed by atoms with Crippen molar-refractivity contribution in [3.63, 3.8) is 0 Å². The number of benzene rings is 1. The van der Waals surface area contributed by atoms with Crippen molar-refractivity contribution >= 4 is 17.6 Å². The van der Waals surface area contributed by atoms with Gasteiger partial charge in [0.05, 0.1) is 5.92 Å². The van der Waals surface area contributed by atoms with Crippen molar-refractivity contribution in [3.05, 3.63) is 29.8 Å². The number of aliphatic carboxylic acids is 1. The second-order valence-corrected chi connectivity index (χ2v) is 4.80. The maximum Gasteiger partial charge on any atom is 0.323 e. The Bertz CT molecular complexity index is 454. The highest BCUT2D eigenvalue weighted by atomic mass is 16.4. The summed E-state index contributed by atoms with van der Waals surface area (Å²) in [7, 11) is 0. The van der Waals surface area contributed by atoms with Gasteiger partial charge in [-0.3, -0.25) is 9.59 Å². The monoisotopic (exact) mass is 264 g/mol. The maximum atomic E-state index is 12.3. The van der Waals surface area contributed by atoms with E-state index in [-0.39, 0.29) is 18.5 Å². The molecule has 0 aliphatic heterocycles. The normalized spacial score (nSPS) is 13.7. The summed E-state index contributed by atoms with van der Waals surface area (Å²) in [6, 6.07) is 6.84. The molecule has 0 aliphatic carbocycles. The number of carbonyl (C=O) groups is 2. The van der Waals surface area contributed by atoms with Crippen molar-refractivity contribution in [2.45, 2.75) is 26.8 Å². The minimum Gasteiger partial charge on any atom is -0.480 e. The van der Waals surface area contributed by atoms with Gasteiger partial charge in [-0.1, -0.05) is 24.6 Å². The summed E-state index contributed by atoms with van der Waals surface area (Å²) in [6.07, 6.45) is 0. The Labute approximate surface area is 113 Å². The van der Waals surface area contributed by atoms with Crippen LogP contribution in [0.1, 0.15) is 19.4 Å². The molecule has 5 nitrogen and oxygen atoms in total. The van der Waals surface area contributed by atoms with Gasteiger partial charge in [-0.2, -0.15) is 0 Å². The third-order valence-corrected chi connectivity index (χ3v) is 3.08.